The standard InChI is InChI=1S/C20H26N4O/c21-12-14-6-4-9-16(14)20(25)22-13-18-17-10-5-11-19(17)24(23-18)15-7-2-1-3-8-15/h1-3,7-8,14,16H,4-6,9-13,21H2,(H,22,25)/t14-,16-/m1/s1. The molecule has 2 aliphatic carbocycles. The highest BCUT2D eigenvalue weighted by molar-refractivity contribution is 5.79. The topological polar surface area (TPSA) is 72.9 Å². The van der Waals surface area contributed by atoms with Crippen molar-refractivity contribution in [1.29, 1.82) is 0 Å². The molecule has 1 fully saturated rings. The Hall–Kier alpha value is -2.14. The summed E-state index contributed by atoms with van der Waals surface area (Å²) in [5, 5.41) is 7.95. The number of nitrogens with zero attached hydrogens (tertiary/aromatic N) is 2. The summed E-state index contributed by atoms with van der Waals surface area (Å²) in [7, 11) is 0. The van der Waals surface area contributed by atoms with Gasteiger partial charge in [-0.1, -0.05) is 24.6 Å². The maximum Gasteiger partial charge on any atom is 0.223 e. The van der Waals surface area contributed by atoms with Crippen LogP contribution in [0.25, 0.3) is 5.69 Å². The van der Waals surface area contributed by atoms with Crippen LogP contribution in [0.15, 0.2) is 30.3 Å². The Morgan fingerprint density at radius 1 is 1.20 bits per heavy atom. The maximum absolute atomic E-state index is 12.6. The molecule has 0 unspecified atom stereocenters. The lowest BCUT2D eigenvalue weighted by molar-refractivity contribution is -0.126. The number of rotatable bonds is 5. The molecule has 1 heterocycles. The SMILES string of the molecule is NC[C@H]1CCC[C@H]1C(=O)NCc1nn(-c2ccccc2)c2c1CCC2. The number of nitrogens with two attached hydrogens (primary N) is 1. The zero-order chi connectivity index (χ0) is 17.2. The molecule has 1 aromatic heterocycles. The Morgan fingerprint density at radius 3 is 2.84 bits per heavy atom. The molecule has 5 nitrogen and oxygen atoms in total. The van der Waals surface area contributed by atoms with Crippen LogP contribution >= 0.6 is 0 Å². The van der Waals surface area contributed by atoms with E-state index < -0.39 is 0 Å². The van der Waals surface area contributed by atoms with Gasteiger partial charge in [0.2, 0.25) is 5.91 Å². The van der Waals surface area contributed by atoms with Crippen molar-refractivity contribution in [2.24, 2.45) is 17.6 Å². The van der Waals surface area contributed by atoms with Crippen LogP contribution < -0.4 is 11.1 Å². The monoisotopic (exact) mass is 338 g/mol. The van der Waals surface area contributed by atoms with E-state index in [9.17, 15) is 4.79 Å². The van der Waals surface area contributed by atoms with E-state index in [2.05, 4.69) is 22.1 Å². The van der Waals surface area contributed by atoms with Crippen molar-refractivity contribution >= 4 is 5.91 Å². The maximum atomic E-state index is 12.6. The summed E-state index contributed by atoms with van der Waals surface area (Å²) in [5.74, 6) is 0.566. The first-order valence-corrected chi connectivity index (χ1v) is 9.40. The number of para-hydroxylation sites is 1. The lowest BCUT2D eigenvalue weighted by Gasteiger charge is -2.17. The smallest absolute Gasteiger partial charge is 0.223 e. The Bertz CT molecular complexity index is 753. The average Bonchev–Trinajstić information content (AvgIpc) is 3.36. The van der Waals surface area contributed by atoms with E-state index in [0.717, 1.165) is 43.5 Å². The van der Waals surface area contributed by atoms with E-state index in [1.807, 2.05) is 18.2 Å². The molecular weight excluding hydrogens is 312 g/mol. The van der Waals surface area contributed by atoms with E-state index in [1.54, 1.807) is 0 Å². The van der Waals surface area contributed by atoms with Gasteiger partial charge < -0.3 is 11.1 Å². The summed E-state index contributed by atoms with van der Waals surface area (Å²) in [6.45, 7) is 1.13. The molecule has 2 aromatic rings. The third kappa shape index (κ3) is 3.09. The number of carbonyl (C=O) groups is 1. The average molecular weight is 338 g/mol. The summed E-state index contributed by atoms with van der Waals surface area (Å²) < 4.78 is 2.06. The lowest BCUT2D eigenvalue weighted by atomic mass is 9.95. The summed E-state index contributed by atoms with van der Waals surface area (Å²) in [6.07, 6.45) is 6.43. The van der Waals surface area contributed by atoms with E-state index in [-0.39, 0.29) is 11.8 Å². The van der Waals surface area contributed by atoms with Crippen LogP contribution in [-0.4, -0.2) is 22.2 Å². The normalized spacial score (nSPS) is 22.1. The van der Waals surface area contributed by atoms with Crippen LogP contribution in [0.5, 0.6) is 0 Å². The Balaban J connectivity index is 1.51. The molecule has 1 aromatic carbocycles. The summed E-state index contributed by atoms with van der Waals surface area (Å²) in [5.41, 5.74) is 10.6. The van der Waals surface area contributed by atoms with Gasteiger partial charge in [0.1, 0.15) is 0 Å². The van der Waals surface area contributed by atoms with Crippen LogP contribution in [0, 0.1) is 11.8 Å². The second kappa shape index (κ2) is 7.00. The van der Waals surface area contributed by atoms with Gasteiger partial charge >= 0.3 is 0 Å². The molecule has 0 radical (unpaired) electrons. The molecule has 1 amide bonds. The van der Waals surface area contributed by atoms with Crippen molar-refractivity contribution in [3.8, 4) is 5.69 Å². The predicted molar refractivity (Wildman–Crippen MR) is 97.3 cm³/mol. The summed E-state index contributed by atoms with van der Waals surface area (Å²) in [6, 6.07) is 10.3. The highest BCUT2D eigenvalue weighted by atomic mass is 16.1. The summed E-state index contributed by atoms with van der Waals surface area (Å²) >= 11 is 0. The molecule has 0 spiro atoms. The summed E-state index contributed by atoms with van der Waals surface area (Å²) in [4.78, 5) is 12.6. The Kier molecular flexibility index (Phi) is 4.57. The third-order valence-electron chi connectivity index (χ3n) is 5.74. The largest absolute Gasteiger partial charge is 0.350 e. The van der Waals surface area contributed by atoms with E-state index in [4.69, 9.17) is 10.8 Å². The predicted octanol–water partition coefficient (Wildman–Crippen LogP) is 2.35. The number of amides is 1. The Labute approximate surface area is 148 Å². The second-order valence-corrected chi connectivity index (χ2v) is 7.22. The Morgan fingerprint density at radius 2 is 2.04 bits per heavy atom. The van der Waals surface area contributed by atoms with Crippen molar-refractivity contribution < 1.29 is 4.79 Å². The fraction of sp³-hybridized carbons (Fsp3) is 0.500. The molecule has 25 heavy (non-hydrogen) atoms. The van der Waals surface area contributed by atoms with E-state index in [0.29, 0.717) is 19.0 Å². The fourth-order valence-electron chi connectivity index (χ4n) is 4.40. The van der Waals surface area contributed by atoms with Gasteiger partial charge in [0, 0.05) is 11.6 Å². The molecule has 4 rings (SSSR count). The lowest BCUT2D eigenvalue weighted by Crippen LogP contribution is -2.35. The number of nitrogens with one attached hydrogen (secondary N) is 1. The zero-order valence-corrected chi connectivity index (χ0v) is 14.6. The van der Waals surface area contributed by atoms with E-state index in [1.165, 1.54) is 17.7 Å². The first-order chi connectivity index (χ1) is 12.3. The van der Waals surface area contributed by atoms with Crippen molar-refractivity contribution in [2.75, 3.05) is 6.54 Å². The van der Waals surface area contributed by atoms with Crippen LogP contribution in [0.1, 0.15) is 42.6 Å². The van der Waals surface area contributed by atoms with Gasteiger partial charge in [-0.3, -0.25) is 4.79 Å². The number of benzene rings is 1. The van der Waals surface area contributed by atoms with Crippen molar-refractivity contribution in [2.45, 2.75) is 45.1 Å². The number of carbonyl (C=O) groups excluding carboxylic acids is 1. The first-order valence-electron chi connectivity index (χ1n) is 9.40. The molecule has 0 bridgehead atoms. The molecular formula is C20H26N4O. The number of fused-ring (bicyclic) bond motifs is 1. The highest BCUT2D eigenvalue weighted by Gasteiger charge is 2.32. The zero-order valence-electron chi connectivity index (χ0n) is 14.6. The van der Waals surface area contributed by atoms with Gasteiger partial charge in [-0.2, -0.15) is 5.10 Å². The molecule has 1 saturated carbocycles. The number of hydrogen-bond donors (Lipinski definition) is 2. The molecule has 2 atom stereocenters. The van der Waals surface area contributed by atoms with Crippen LogP contribution in [0.4, 0.5) is 0 Å². The van der Waals surface area contributed by atoms with Crippen LogP contribution in [-0.2, 0) is 24.2 Å². The van der Waals surface area contributed by atoms with Crippen molar-refractivity contribution in [1.82, 2.24) is 15.1 Å². The molecule has 0 aliphatic heterocycles. The van der Waals surface area contributed by atoms with Gasteiger partial charge in [0.15, 0.2) is 0 Å². The van der Waals surface area contributed by atoms with Crippen LogP contribution in [0.2, 0.25) is 0 Å². The molecule has 2 aliphatic rings. The van der Waals surface area contributed by atoms with Gasteiger partial charge in [-0.25, -0.2) is 4.68 Å². The minimum absolute atomic E-state index is 0.0780. The molecule has 132 valence electrons. The van der Waals surface area contributed by atoms with Gasteiger partial charge in [-0.15, -0.1) is 0 Å². The van der Waals surface area contributed by atoms with Gasteiger partial charge in [0.25, 0.3) is 0 Å². The van der Waals surface area contributed by atoms with Gasteiger partial charge in [0.05, 0.1) is 17.9 Å². The minimum Gasteiger partial charge on any atom is -0.350 e. The quantitative estimate of drug-likeness (QED) is 0.879. The van der Waals surface area contributed by atoms with Crippen molar-refractivity contribution in [3.05, 3.63) is 47.3 Å². The highest BCUT2D eigenvalue weighted by Crippen LogP contribution is 2.31. The fourth-order valence-corrected chi connectivity index (χ4v) is 4.40. The molecule has 3 N–H and O–H groups in total. The second-order valence-electron chi connectivity index (χ2n) is 7.22. The third-order valence-corrected chi connectivity index (χ3v) is 5.74. The first kappa shape index (κ1) is 16.3. The molecule has 5 heteroatoms. The van der Waals surface area contributed by atoms with Crippen molar-refractivity contribution in [3.63, 3.8) is 0 Å². The van der Waals surface area contributed by atoms with Crippen LogP contribution in [0.3, 0.4) is 0 Å². The number of aromatic nitrogens is 2. The van der Waals surface area contributed by atoms with Gasteiger partial charge in [-0.05, 0) is 62.3 Å². The number of hydrogen-bond acceptors (Lipinski definition) is 3. The molecule has 0 saturated heterocycles. The minimum atomic E-state index is 0.0780. The van der Waals surface area contributed by atoms with E-state index >= 15 is 0 Å².